The molecule has 0 bridgehead atoms. The van der Waals surface area contributed by atoms with Gasteiger partial charge in [-0.25, -0.2) is 0 Å². The minimum absolute atomic E-state index is 0.106. The Balaban J connectivity index is 0.000000173. The van der Waals surface area contributed by atoms with Crippen LogP contribution in [0.3, 0.4) is 0 Å². The van der Waals surface area contributed by atoms with Gasteiger partial charge in [-0.05, 0) is 48.5 Å². The topological polar surface area (TPSA) is 6.48 Å². The van der Waals surface area contributed by atoms with Gasteiger partial charge in [-0.3, -0.25) is 10.0 Å². The SMILES string of the molecule is CC1=C(c2ccccc2)[C]N(c2ccccc2)N1C.[Cl][Pd][Cl].c1ccc(P(c2ccccc2)c2ccccc2)cc1. The Labute approximate surface area is 262 Å². The Morgan fingerprint density at radius 2 is 0.902 bits per heavy atom. The molecule has 5 aromatic carbocycles. The van der Waals surface area contributed by atoms with Crippen molar-refractivity contribution in [2.24, 2.45) is 0 Å². The molecule has 2 radical (unpaired) electrons. The quantitative estimate of drug-likeness (QED) is 0.135. The van der Waals surface area contributed by atoms with Crippen molar-refractivity contribution in [1.29, 1.82) is 0 Å². The molecule has 0 aromatic heterocycles. The molecule has 6 rings (SSSR count). The van der Waals surface area contributed by atoms with Gasteiger partial charge in [0.05, 0.1) is 5.69 Å². The summed E-state index contributed by atoms with van der Waals surface area (Å²) < 4.78 is 0. The van der Waals surface area contributed by atoms with E-state index in [4.69, 9.17) is 19.1 Å². The Kier molecular flexibility index (Phi) is 12.5. The number of halogens is 2. The van der Waals surface area contributed by atoms with Crippen molar-refractivity contribution in [1.82, 2.24) is 5.01 Å². The van der Waals surface area contributed by atoms with E-state index in [9.17, 15) is 0 Å². The number of hydrogen-bond donors (Lipinski definition) is 0. The summed E-state index contributed by atoms with van der Waals surface area (Å²) in [5.74, 6) is 0. The van der Waals surface area contributed by atoms with E-state index in [2.05, 4.69) is 158 Å². The summed E-state index contributed by atoms with van der Waals surface area (Å²) >= 11 is -0.106. The average molecular weight is 688 g/mol. The number of anilines is 1. The third kappa shape index (κ3) is 8.56. The number of para-hydroxylation sites is 1. The zero-order valence-electron chi connectivity index (χ0n) is 22.8. The molecule has 0 fully saturated rings. The van der Waals surface area contributed by atoms with Crippen LogP contribution in [0.15, 0.2) is 157 Å². The van der Waals surface area contributed by atoms with Crippen molar-refractivity contribution in [2.75, 3.05) is 12.1 Å². The first kappa shape index (κ1) is 31.1. The first-order valence-corrected chi connectivity index (χ1v) is 18.4. The fourth-order valence-corrected chi connectivity index (χ4v) is 6.74. The summed E-state index contributed by atoms with van der Waals surface area (Å²) in [7, 11) is 11.2. The van der Waals surface area contributed by atoms with Gasteiger partial charge < -0.3 is 0 Å². The molecular formula is C35H31Cl2N2PPd. The molecule has 2 nitrogen and oxygen atoms in total. The van der Waals surface area contributed by atoms with E-state index in [1.54, 1.807) is 0 Å². The van der Waals surface area contributed by atoms with Gasteiger partial charge in [-0.1, -0.05) is 140 Å². The van der Waals surface area contributed by atoms with Crippen molar-refractivity contribution in [2.45, 2.75) is 6.92 Å². The normalized spacial score (nSPS) is 12.5. The van der Waals surface area contributed by atoms with Crippen LogP contribution < -0.4 is 20.9 Å². The standard InChI is InChI=1S/C18H15P.C17H16N2.2ClH.Pd/c1-4-10-16(11-5-1)19(17-12-6-2-7-13-17)18-14-8-3-9-15-18;1-14-17(15-9-5-3-6-10-15)13-19(18(14)2)16-11-7-4-8-12-16;;;/h1-15H;3-12H,1-2H3;2*1H;/q;;;;+2/p-2. The summed E-state index contributed by atoms with van der Waals surface area (Å²) in [5, 5.41) is 8.37. The maximum absolute atomic E-state index is 4.81. The smallest absolute Gasteiger partial charge is 0.0134 e. The summed E-state index contributed by atoms with van der Waals surface area (Å²) in [6.45, 7) is 5.59. The zero-order valence-corrected chi connectivity index (χ0v) is 26.8. The molecule has 0 N–H and O–H groups in total. The number of allylic oxidation sites excluding steroid dienone is 1. The second-order valence-electron chi connectivity index (χ2n) is 9.00. The summed E-state index contributed by atoms with van der Waals surface area (Å²) in [5.41, 5.74) is 4.67. The van der Waals surface area contributed by atoms with Gasteiger partial charge in [-0.15, -0.1) is 0 Å². The molecule has 41 heavy (non-hydrogen) atoms. The summed E-state index contributed by atoms with van der Waals surface area (Å²) in [4.78, 5) is 0. The third-order valence-corrected chi connectivity index (χ3v) is 8.91. The average Bonchev–Trinajstić information content (AvgIpc) is 3.34. The molecule has 5 aromatic rings. The van der Waals surface area contributed by atoms with Crippen molar-refractivity contribution in [3.63, 3.8) is 0 Å². The predicted molar refractivity (Wildman–Crippen MR) is 176 cm³/mol. The van der Waals surface area contributed by atoms with Gasteiger partial charge in [0.25, 0.3) is 0 Å². The molecule has 6 heteroatoms. The number of benzene rings is 5. The Morgan fingerprint density at radius 3 is 1.29 bits per heavy atom. The minimum atomic E-state index is -0.446. The van der Waals surface area contributed by atoms with Crippen LogP contribution >= 0.6 is 27.0 Å². The Bertz CT molecular complexity index is 1380. The monoisotopic (exact) mass is 686 g/mol. The van der Waals surface area contributed by atoms with E-state index in [0.717, 1.165) is 11.3 Å². The Morgan fingerprint density at radius 1 is 0.561 bits per heavy atom. The van der Waals surface area contributed by atoms with Crippen molar-refractivity contribution in [3.8, 4) is 0 Å². The molecule has 0 saturated carbocycles. The van der Waals surface area contributed by atoms with Crippen molar-refractivity contribution in [3.05, 3.63) is 169 Å². The van der Waals surface area contributed by atoms with E-state index in [-0.39, 0.29) is 15.9 Å². The second kappa shape index (κ2) is 16.5. The van der Waals surface area contributed by atoms with Crippen LogP contribution in [0.25, 0.3) is 5.57 Å². The molecule has 1 aliphatic heterocycles. The minimum Gasteiger partial charge on any atom is -0.0622 e. The molecule has 0 saturated heterocycles. The molecule has 210 valence electrons. The van der Waals surface area contributed by atoms with Crippen LogP contribution in [0.5, 0.6) is 0 Å². The van der Waals surface area contributed by atoms with E-state index >= 15 is 0 Å². The molecule has 0 unspecified atom stereocenters. The summed E-state index contributed by atoms with van der Waals surface area (Å²) in [6, 6.07) is 53.0. The maximum Gasteiger partial charge on any atom is -0.0134 e. The van der Waals surface area contributed by atoms with Crippen LogP contribution in [0.4, 0.5) is 5.69 Å². The number of hydrazine groups is 1. The fraction of sp³-hybridized carbons (Fsp3) is 0.0571. The van der Waals surface area contributed by atoms with E-state index < -0.39 is 7.92 Å². The molecule has 0 atom stereocenters. The number of rotatable bonds is 5. The molecule has 1 aliphatic rings. The molecule has 0 amide bonds. The van der Waals surface area contributed by atoms with Crippen LogP contribution in [0.1, 0.15) is 12.5 Å². The van der Waals surface area contributed by atoms with Crippen molar-refractivity contribution >= 4 is 54.2 Å². The van der Waals surface area contributed by atoms with Crippen LogP contribution in [0.2, 0.25) is 0 Å². The van der Waals surface area contributed by atoms with Gasteiger partial charge >= 0.3 is 35.0 Å². The first-order valence-electron chi connectivity index (χ1n) is 13.0. The maximum atomic E-state index is 4.81. The zero-order chi connectivity index (χ0) is 28.9. The largest absolute Gasteiger partial charge is 0.0622 e. The van der Waals surface area contributed by atoms with Gasteiger partial charge in [0.1, 0.15) is 0 Å². The molecule has 1 heterocycles. The van der Waals surface area contributed by atoms with Crippen LogP contribution in [-0.4, -0.2) is 12.1 Å². The molecular weight excluding hydrogens is 657 g/mol. The predicted octanol–water partition coefficient (Wildman–Crippen LogP) is 8.64. The number of nitrogens with zero attached hydrogens (tertiary/aromatic N) is 2. The van der Waals surface area contributed by atoms with Crippen LogP contribution in [-0.2, 0) is 15.9 Å². The molecule has 0 aliphatic carbocycles. The molecule has 0 spiro atoms. The van der Waals surface area contributed by atoms with E-state index in [0.29, 0.717) is 0 Å². The first-order chi connectivity index (χ1) is 20.1. The fourth-order valence-electron chi connectivity index (χ4n) is 4.44. The van der Waals surface area contributed by atoms with Gasteiger partial charge in [0, 0.05) is 18.3 Å². The second-order valence-corrected chi connectivity index (χ2v) is 13.6. The van der Waals surface area contributed by atoms with Gasteiger partial charge in [0.15, 0.2) is 6.54 Å². The van der Waals surface area contributed by atoms with Crippen molar-refractivity contribution < 1.29 is 15.9 Å². The Hall–Kier alpha value is -2.89. The van der Waals surface area contributed by atoms with Crippen LogP contribution in [0, 0.1) is 6.54 Å². The van der Waals surface area contributed by atoms with Gasteiger partial charge in [-0.2, -0.15) is 0 Å². The van der Waals surface area contributed by atoms with E-state index in [1.165, 1.54) is 27.2 Å². The third-order valence-electron chi connectivity index (χ3n) is 6.47. The summed E-state index contributed by atoms with van der Waals surface area (Å²) in [6.07, 6.45) is 0. The van der Waals surface area contributed by atoms with E-state index in [1.807, 2.05) is 24.3 Å². The number of hydrogen-bond acceptors (Lipinski definition) is 2. The van der Waals surface area contributed by atoms with Gasteiger partial charge in [0.2, 0.25) is 0 Å².